The minimum atomic E-state index is -0.388. The molecule has 3 aliphatic rings. The predicted octanol–water partition coefficient (Wildman–Crippen LogP) is 2.27. The summed E-state index contributed by atoms with van der Waals surface area (Å²) in [6, 6.07) is 8.45. The largest absolute Gasteiger partial charge is 0.423 e. The normalized spacial score (nSPS) is 29.0. The fourth-order valence-corrected chi connectivity index (χ4v) is 5.14. The van der Waals surface area contributed by atoms with E-state index in [4.69, 9.17) is 4.42 Å². The summed E-state index contributed by atoms with van der Waals surface area (Å²) in [5.74, 6) is 1.35. The molecular weight excluding hydrogens is 352 g/mol. The molecule has 5 nitrogen and oxygen atoms in total. The van der Waals surface area contributed by atoms with Crippen LogP contribution in [0.3, 0.4) is 0 Å². The van der Waals surface area contributed by atoms with E-state index in [9.17, 15) is 9.59 Å². The zero-order valence-corrected chi connectivity index (χ0v) is 15.6. The number of carbonyl (C=O) groups is 1. The number of nitrogens with zero attached hydrogens (tertiary/aromatic N) is 1. The Morgan fingerprint density at radius 3 is 2.58 bits per heavy atom. The van der Waals surface area contributed by atoms with E-state index in [1.807, 2.05) is 30.0 Å². The van der Waals surface area contributed by atoms with E-state index in [2.05, 4.69) is 5.32 Å². The lowest BCUT2D eigenvalue weighted by atomic mass is 9.82. The van der Waals surface area contributed by atoms with Crippen molar-refractivity contribution >= 4 is 29.3 Å². The van der Waals surface area contributed by atoms with Gasteiger partial charge >= 0.3 is 5.63 Å². The third-order valence-electron chi connectivity index (χ3n) is 6.34. The van der Waals surface area contributed by atoms with Gasteiger partial charge in [0.05, 0.1) is 6.42 Å². The first kappa shape index (κ1) is 17.6. The fourth-order valence-electron chi connectivity index (χ4n) is 5.14. The molecule has 2 aromatic rings. The number of hydrogen-bond acceptors (Lipinski definition) is 4. The first-order valence-electron chi connectivity index (χ1n) is 9.16. The minimum Gasteiger partial charge on any atom is -0.423 e. The van der Waals surface area contributed by atoms with E-state index in [-0.39, 0.29) is 30.4 Å². The van der Waals surface area contributed by atoms with Crippen molar-refractivity contribution in [1.82, 2.24) is 10.2 Å². The van der Waals surface area contributed by atoms with Gasteiger partial charge in [0.25, 0.3) is 0 Å². The first-order valence-corrected chi connectivity index (χ1v) is 9.16. The van der Waals surface area contributed by atoms with E-state index in [1.165, 1.54) is 18.9 Å². The summed E-state index contributed by atoms with van der Waals surface area (Å²) < 4.78 is 5.30. The molecule has 3 aliphatic heterocycles. The van der Waals surface area contributed by atoms with Crippen LogP contribution in [0.2, 0.25) is 0 Å². The summed E-state index contributed by atoms with van der Waals surface area (Å²) in [7, 11) is 0. The summed E-state index contributed by atoms with van der Waals surface area (Å²) in [6.07, 6.45) is 2.77. The van der Waals surface area contributed by atoms with Crippen LogP contribution in [0.4, 0.5) is 0 Å². The zero-order chi connectivity index (χ0) is 17.1. The van der Waals surface area contributed by atoms with Crippen LogP contribution in [0.25, 0.3) is 11.0 Å². The number of nitrogens with one attached hydrogen (secondary N) is 1. The van der Waals surface area contributed by atoms with Crippen LogP contribution in [0.5, 0.6) is 0 Å². The van der Waals surface area contributed by atoms with Crippen molar-refractivity contribution in [3.63, 3.8) is 0 Å². The van der Waals surface area contributed by atoms with E-state index >= 15 is 0 Å². The third-order valence-corrected chi connectivity index (χ3v) is 6.34. The molecule has 1 amide bonds. The van der Waals surface area contributed by atoms with Gasteiger partial charge in [-0.15, -0.1) is 12.4 Å². The molecule has 1 aromatic carbocycles. The maximum atomic E-state index is 12.9. The zero-order valence-electron chi connectivity index (χ0n) is 14.7. The van der Waals surface area contributed by atoms with Gasteiger partial charge in [0.2, 0.25) is 5.91 Å². The van der Waals surface area contributed by atoms with Crippen LogP contribution < -0.4 is 10.9 Å². The Kier molecular flexibility index (Phi) is 4.32. The second kappa shape index (κ2) is 6.39. The lowest BCUT2D eigenvalue weighted by Gasteiger charge is -2.19. The molecule has 0 saturated carbocycles. The molecule has 0 radical (unpaired) electrons. The molecule has 26 heavy (non-hydrogen) atoms. The molecule has 1 aromatic heterocycles. The molecule has 0 aliphatic carbocycles. The maximum absolute atomic E-state index is 12.9. The Bertz CT molecular complexity index is 907. The highest BCUT2D eigenvalue weighted by molar-refractivity contribution is 5.87. The van der Waals surface area contributed by atoms with E-state index < -0.39 is 0 Å². The SMILES string of the molecule is Cc1ccc2c(CC(=O)N3C[C@@H]4[C@H](C3)[C@@H]3CC[C@H]4N3)cc(=O)oc2c1.Cl. The topological polar surface area (TPSA) is 62.6 Å². The first-order chi connectivity index (χ1) is 12.1. The van der Waals surface area contributed by atoms with Crippen molar-refractivity contribution < 1.29 is 9.21 Å². The number of aryl methyl sites for hydroxylation is 1. The van der Waals surface area contributed by atoms with Crippen LogP contribution in [0, 0.1) is 18.8 Å². The van der Waals surface area contributed by atoms with Crippen LogP contribution >= 0.6 is 12.4 Å². The number of rotatable bonds is 2. The Hall–Kier alpha value is -1.85. The van der Waals surface area contributed by atoms with Crippen molar-refractivity contribution in [2.75, 3.05) is 13.1 Å². The number of benzene rings is 1. The van der Waals surface area contributed by atoms with Gasteiger partial charge in [-0.25, -0.2) is 4.79 Å². The van der Waals surface area contributed by atoms with Gasteiger partial charge < -0.3 is 14.6 Å². The van der Waals surface area contributed by atoms with Crippen molar-refractivity contribution in [2.45, 2.75) is 38.3 Å². The van der Waals surface area contributed by atoms with Crippen molar-refractivity contribution in [3.05, 3.63) is 45.8 Å². The van der Waals surface area contributed by atoms with Crippen LogP contribution in [0.15, 0.2) is 33.5 Å². The van der Waals surface area contributed by atoms with E-state index in [1.54, 1.807) is 0 Å². The molecule has 1 N–H and O–H groups in total. The second-order valence-electron chi connectivity index (χ2n) is 7.85. The highest BCUT2D eigenvalue weighted by Crippen LogP contribution is 2.43. The molecule has 4 heterocycles. The third kappa shape index (κ3) is 2.74. The van der Waals surface area contributed by atoms with Gasteiger partial charge in [-0.2, -0.15) is 0 Å². The lowest BCUT2D eigenvalue weighted by Crippen LogP contribution is -2.35. The minimum absolute atomic E-state index is 0. The molecular formula is C20H23ClN2O3. The summed E-state index contributed by atoms with van der Waals surface area (Å²) in [5.41, 5.74) is 1.99. The smallest absolute Gasteiger partial charge is 0.336 e. The molecule has 138 valence electrons. The number of amides is 1. The Labute approximate surface area is 158 Å². The quantitative estimate of drug-likeness (QED) is 0.819. The van der Waals surface area contributed by atoms with Gasteiger partial charge in [-0.1, -0.05) is 12.1 Å². The Balaban J connectivity index is 0.00000168. The summed E-state index contributed by atoms with van der Waals surface area (Å²) in [4.78, 5) is 26.8. The highest BCUT2D eigenvalue weighted by atomic mass is 35.5. The summed E-state index contributed by atoms with van der Waals surface area (Å²) in [6.45, 7) is 3.68. The number of halogens is 1. The van der Waals surface area contributed by atoms with Crippen molar-refractivity contribution in [1.29, 1.82) is 0 Å². The lowest BCUT2D eigenvalue weighted by molar-refractivity contribution is -0.129. The fraction of sp³-hybridized carbons (Fsp3) is 0.500. The maximum Gasteiger partial charge on any atom is 0.336 e. The number of carbonyl (C=O) groups excluding carboxylic acids is 1. The predicted molar refractivity (Wildman–Crippen MR) is 102 cm³/mol. The molecule has 4 atom stereocenters. The highest BCUT2D eigenvalue weighted by Gasteiger charge is 2.52. The van der Waals surface area contributed by atoms with E-state index in [0.29, 0.717) is 29.5 Å². The monoisotopic (exact) mass is 374 g/mol. The van der Waals surface area contributed by atoms with Crippen LogP contribution in [-0.4, -0.2) is 36.0 Å². The number of hydrogen-bond donors (Lipinski definition) is 1. The Morgan fingerprint density at radius 1 is 1.19 bits per heavy atom. The van der Waals surface area contributed by atoms with Crippen molar-refractivity contribution in [3.8, 4) is 0 Å². The standard InChI is InChI=1S/C20H22N2O3.ClH/c1-11-2-3-13-12(8-20(24)25-18(13)6-11)7-19(23)22-9-14-15(10-22)17-5-4-16(14)21-17;/h2-3,6,8,14-17,21H,4-5,7,9-10H2,1H3;1H/t14-,15+,16-,17+;. The second-order valence-corrected chi connectivity index (χ2v) is 7.85. The summed E-state index contributed by atoms with van der Waals surface area (Å²) >= 11 is 0. The molecule has 3 saturated heterocycles. The summed E-state index contributed by atoms with van der Waals surface area (Å²) in [5, 5.41) is 4.55. The molecule has 0 spiro atoms. The van der Waals surface area contributed by atoms with Crippen LogP contribution in [-0.2, 0) is 11.2 Å². The number of likely N-dealkylation sites (tertiary alicyclic amines) is 1. The van der Waals surface area contributed by atoms with Gasteiger partial charge in [0.15, 0.2) is 0 Å². The molecule has 6 heteroatoms. The van der Waals surface area contributed by atoms with Gasteiger partial charge in [-0.3, -0.25) is 4.79 Å². The molecule has 2 bridgehead atoms. The van der Waals surface area contributed by atoms with Gasteiger partial charge in [-0.05, 0) is 48.8 Å². The molecule has 5 rings (SSSR count). The van der Waals surface area contributed by atoms with Crippen LogP contribution in [0.1, 0.15) is 24.0 Å². The Morgan fingerprint density at radius 2 is 1.88 bits per heavy atom. The molecule has 0 unspecified atom stereocenters. The van der Waals surface area contributed by atoms with Gasteiger partial charge in [0, 0.05) is 36.6 Å². The average Bonchev–Trinajstić information content (AvgIpc) is 3.27. The number of fused-ring (bicyclic) bond motifs is 6. The van der Waals surface area contributed by atoms with Gasteiger partial charge in [0.1, 0.15) is 5.58 Å². The average molecular weight is 375 g/mol. The van der Waals surface area contributed by atoms with Crippen molar-refractivity contribution in [2.24, 2.45) is 11.8 Å². The van der Waals surface area contributed by atoms with E-state index in [0.717, 1.165) is 29.6 Å². The molecule has 3 fully saturated rings.